The topological polar surface area (TPSA) is 81.2 Å². The maximum Gasteiger partial charge on any atom is 0.387 e. The van der Waals surface area contributed by atoms with Crippen molar-refractivity contribution in [1.82, 2.24) is 10.6 Å². The number of halogens is 2. The number of alkyl halides is 2. The van der Waals surface area contributed by atoms with Crippen LogP contribution < -0.4 is 20.1 Å². The number of unbranched alkanes of at least 4 members (excludes halogenated alkanes) is 3. The molecule has 0 heterocycles. The number of carbonyl (C=O) groups is 1. The highest BCUT2D eigenvalue weighted by atomic mass is 19.3. The lowest BCUT2D eigenvalue weighted by Gasteiger charge is -2.17. The van der Waals surface area contributed by atoms with E-state index in [1.165, 1.54) is 7.11 Å². The fourth-order valence-electron chi connectivity index (χ4n) is 2.65. The number of methoxy groups -OCH3 is 1. The van der Waals surface area contributed by atoms with E-state index in [0.29, 0.717) is 31.1 Å². The molecule has 1 rings (SSSR count). The molecule has 0 radical (unpaired) electrons. The summed E-state index contributed by atoms with van der Waals surface area (Å²) in [5.41, 5.74) is 0.544. The summed E-state index contributed by atoms with van der Waals surface area (Å²) < 4.78 is 40.2. The first kappa shape index (κ1) is 24.5. The molecular weight excluding hydrogens is 384 g/mol. The molecule has 0 aromatic heterocycles. The molecule has 7 nitrogen and oxygen atoms in total. The molecular formula is C20H31F2N3O4. The molecule has 0 aliphatic heterocycles. The molecule has 0 aliphatic carbocycles. The molecule has 0 spiro atoms. The Morgan fingerprint density at radius 1 is 1.17 bits per heavy atom. The van der Waals surface area contributed by atoms with E-state index in [2.05, 4.69) is 25.1 Å². The zero-order valence-corrected chi connectivity index (χ0v) is 17.3. The smallest absolute Gasteiger partial charge is 0.387 e. The third-order valence-corrected chi connectivity index (χ3v) is 4.06. The van der Waals surface area contributed by atoms with E-state index in [0.717, 1.165) is 25.7 Å². The maximum absolute atomic E-state index is 12.8. The lowest BCUT2D eigenvalue weighted by atomic mass is 10.1. The van der Waals surface area contributed by atoms with Gasteiger partial charge in [-0.15, -0.1) is 0 Å². The minimum Gasteiger partial charge on any atom is -0.490 e. The highest BCUT2D eigenvalue weighted by molar-refractivity contribution is 5.79. The van der Waals surface area contributed by atoms with Gasteiger partial charge >= 0.3 is 12.6 Å². The number of carbonyl (C=O) groups excluding carboxylic acids is 1. The third-order valence-electron chi connectivity index (χ3n) is 4.06. The summed E-state index contributed by atoms with van der Waals surface area (Å²) in [5.74, 6) is 0.681. The van der Waals surface area contributed by atoms with E-state index in [-0.39, 0.29) is 24.0 Å². The number of para-hydroxylation sites is 1. The lowest BCUT2D eigenvalue weighted by Crippen LogP contribution is -2.37. The Bertz CT molecular complexity index is 642. The number of nitrogens with zero attached hydrogens (tertiary/aromatic N) is 1. The number of hydrogen-bond acceptors (Lipinski definition) is 5. The Kier molecular flexibility index (Phi) is 12.2. The van der Waals surface area contributed by atoms with Crippen LogP contribution in [0.3, 0.4) is 0 Å². The van der Waals surface area contributed by atoms with Gasteiger partial charge in [0, 0.05) is 32.1 Å². The van der Waals surface area contributed by atoms with Crippen LogP contribution in [0, 0.1) is 0 Å². The van der Waals surface area contributed by atoms with Gasteiger partial charge in [0.2, 0.25) is 0 Å². The normalized spacial score (nSPS) is 11.3. The number of nitrogens with one attached hydrogen (secondary N) is 2. The minimum absolute atomic E-state index is 0.0258. The standard InChI is InChI=1S/C20H31F2N3O4/c1-4-28-16-11-9-10-15(18(16)29-19(21)22)14-25-20(23-2)24-13-8-6-5-7-12-17(26)27-3/h9-11,19H,4-8,12-14H2,1-3H3,(H2,23,24,25). The molecule has 0 saturated heterocycles. The van der Waals surface area contributed by atoms with Gasteiger partial charge in [0.25, 0.3) is 0 Å². The molecule has 164 valence electrons. The summed E-state index contributed by atoms with van der Waals surface area (Å²) in [6.45, 7) is 0.142. The quantitative estimate of drug-likeness (QED) is 0.222. The summed E-state index contributed by atoms with van der Waals surface area (Å²) in [6.07, 6.45) is 4.09. The summed E-state index contributed by atoms with van der Waals surface area (Å²) in [7, 11) is 3.03. The zero-order valence-electron chi connectivity index (χ0n) is 17.3. The SMILES string of the molecule is CCOc1cccc(CNC(=NC)NCCCCCCC(=O)OC)c1OC(F)F. The molecule has 2 N–H and O–H groups in total. The van der Waals surface area contributed by atoms with Crippen LogP contribution in [0.15, 0.2) is 23.2 Å². The van der Waals surface area contributed by atoms with Gasteiger partial charge in [-0.1, -0.05) is 25.0 Å². The van der Waals surface area contributed by atoms with Gasteiger partial charge in [0.1, 0.15) is 0 Å². The lowest BCUT2D eigenvalue weighted by molar-refractivity contribution is -0.140. The summed E-state index contributed by atoms with van der Waals surface area (Å²) in [4.78, 5) is 15.2. The van der Waals surface area contributed by atoms with Crippen molar-refractivity contribution in [3.63, 3.8) is 0 Å². The van der Waals surface area contributed by atoms with E-state index in [1.54, 1.807) is 32.2 Å². The predicted molar refractivity (Wildman–Crippen MR) is 108 cm³/mol. The number of aliphatic imine (C=N–C) groups is 1. The average Bonchev–Trinajstić information content (AvgIpc) is 2.70. The van der Waals surface area contributed by atoms with Gasteiger partial charge in [-0.2, -0.15) is 8.78 Å². The first-order chi connectivity index (χ1) is 14.0. The zero-order chi connectivity index (χ0) is 21.5. The Morgan fingerprint density at radius 3 is 2.59 bits per heavy atom. The van der Waals surface area contributed by atoms with Crippen molar-refractivity contribution in [2.75, 3.05) is 27.3 Å². The second-order valence-electron chi connectivity index (χ2n) is 6.15. The Hall–Kier alpha value is -2.58. The monoisotopic (exact) mass is 415 g/mol. The van der Waals surface area contributed by atoms with Crippen molar-refractivity contribution in [2.24, 2.45) is 4.99 Å². The Balaban J connectivity index is 2.46. The van der Waals surface area contributed by atoms with Crippen molar-refractivity contribution in [2.45, 2.75) is 52.2 Å². The highest BCUT2D eigenvalue weighted by Gasteiger charge is 2.16. The van der Waals surface area contributed by atoms with E-state index < -0.39 is 6.61 Å². The van der Waals surface area contributed by atoms with Gasteiger partial charge in [0.05, 0.1) is 13.7 Å². The second kappa shape index (κ2) is 14.4. The summed E-state index contributed by atoms with van der Waals surface area (Å²) in [5, 5.41) is 6.27. The first-order valence-electron chi connectivity index (χ1n) is 9.72. The molecule has 0 bridgehead atoms. The largest absolute Gasteiger partial charge is 0.490 e. The molecule has 0 aliphatic rings. The molecule has 1 aromatic rings. The van der Waals surface area contributed by atoms with E-state index in [4.69, 9.17) is 4.74 Å². The van der Waals surface area contributed by atoms with E-state index in [1.807, 2.05) is 0 Å². The van der Waals surface area contributed by atoms with Crippen LogP contribution in [0.1, 0.15) is 44.6 Å². The van der Waals surface area contributed by atoms with Crippen molar-refractivity contribution >= 4 is 11.9 Å². The van der Waals surface area contributed by atoms with Crippen molar-refractivity contribution < 1.29 is 27.8 Å². The van der Waals surface area contributed by atoms with E-state index >= 15 is 0 Å². The molecule has 1 aromatic carbocycles. The van der Waals surface area contributed by atoms with Crippen LogP contribution in [0.25, 0.3) is 0 Å². The van der Waals surface area contributed by atoms with Crippen LogP contribution in [0.4, 0.5) is 8.78 Å². The van der Waals surface area contributed by atoms with Crippen LogP contribution >= 0.6 is 0 Å². The van der Waals surface area contributed by atoms with Gasteiger partial charge in [-0.25, -0.2) is 0 Å². The van der Waals surface area contributed by atoms with Gasteiger partial charge in [0.15, 0.2) is 17.5 Å². The second-order valence-corrected chi connectivity index (χ2v) is 6.15. The van der Waals surface area contributed by atoms with Crippen molar-refractivity contribution in [1.29, 1.82) is 0 Å². The number of ether oxygens (including phenoxy) is 3. The number of hydrogen-bond donors (Lipinski definition) is 2. The van der Waals surface area contributed by atoms with Crippen LogP contribution in [-0.2, 0) is 16.1 Å². The Labute approximate surface area is 170 Å². The predicted octanol–water partition coefficient (Wildman–Crippen LogP) is 3.48. The number of esters is 1. The first-order valence-corrected chi connectivity index (χ1v) is 9.72. The molecule has 0 fully saturated rings. The highest BCUT2D eigenvalue weighted by Crippen LogP contribution is 2.32. The fourth-order valence-corrected chi connectivity index (χ4v) is 2.65. The number of rotatable bonds is 13. The van der Waals surface area contributed by atoms with Crippen LogP contribution in [0.2, 0.25) is 0 Å². The van der Waals surface area contributed by atoms with Crippen LogP contribution in [0.5, 0.6) is 11.5 Å². The molecule has 9 heteroatoms. The van der Waals surface area contributed by atoms with Gasteiger partial charge < -0.3 is 24.8 Å². The molecule has 0 amide bonds. The Morgan fingerprint density at radius 2 is 1.93 bits per heavy atom. The maximum atomic E-state index is 12.8. The van der Waals surface area contributed by atoms with Crippen molar-refractivity contribution in [3.05, 3.63) is 23.8 Å². The van der Waals surface area contributed by atoms with E-state index in [9.17, 15) is 13.6 Å². The van der Waals surface area contributed by atoms with Gasteiger partial charge in [-0.3, -0.25) is 9.79 Å². The summed E-state index contributed by atoms with van der Waals surface area (Å²) in [6, 6.07) is 5.02. The molecule has 29 heavy (non-hydrogen) atoms. The van der Waals surface area contributed by atoms with Crippen molar-refractivity contribution in [3.8, 4) is 11.5 Å². The number of guanidine groups is 1. The van der Waals surface area contributed by atoms with Crippen LogP contribution in [-0.4, -0.2) is 45.8 Å². The van der Waals surface area contributed by atoms with Gasteiger partial charge in [-0.05, 0) is 25.8 Å². The molecule has 0 atom stereocenters. The minimum atomic E-state index is -2.94. The summed E-state index contributed by atoms with van der Waals surface area (Å²) >= 11 is 0. The average molecular weight is 415 g/mol. The number of benzene rings is 1. The third kappa shape index (κ3) is 9.96. The molecule has 0 unspecified atom stereocenters. The fraction of sp³-hybridized carbons (Fsp3) is 0.600. The molecule has 0 saturated carbocycles.